The molecule has 1 aromatic carbocycles. The largest absolute Gasteiger partial charge is 0.506 e. The summed E-state index contributed by atoms with van der Waals surface area (Å²) in [6.45, 7) is 5.88. The number of fused-ring (bicyclic) bond motifs is 1. The van der Waals surface area contributed by atoms with Gasteiger partial charge in [0, 0.05) is 49.1 Å². The van der Waals surface area contributed by atoms with Crippen molar-refractivity contribution in [2.45, 2.75) is 51.6 Å². The Bertz CT molecular complexity index is 1370. The molecule has 0 bridgehead atoms. The zero-order valence-corrected chi connectivity index (χ0v) is 20.1. The van der Waals surface area contributed by atoms with E-state index in [1.807, 2.05) is 33.7 Å². The van der Waals surface area contributed by atoms with Crippen molar-refractivity contribution in [3.63, 3.8) is 0 Å². The number of pyridine rings is 1. The molecular formula is C26H26ClN5O2. The molecule has 0 spiro atoms. The minimum Gasteiger partial charge on any atom is -0.506 e. The summed E-state index contributed by atoms with van der Waals surface area (Å²) in [5.41, 5.74) is 4.91. The van der Waals surface area contributed by atoms with Gasteiger partial charge >= 0.3 is 0 Å². The number of hydrogen-bond donors (Lipinski definition) is 1. The van der Waals surface area contributed by atoms with E-state index >= 15 is 0 Å². The average Bonchev–Trinajstić information content (AvgIpc) is 3.39. The molecule has 1 fully saturated rings. The van der Waals surface area contributed by atoms with Crippen LogP contribution in [-0.2, 0) is 4.79 Å². The molecule has 4 heterocycles. The SMILES string of the molecule is CCC1CC(c2ccnc3c(-c4ccc(Cl)c(O)c4)c(-c4ccncc4)nn23)C(C)N1C(C)=O. The summed E-state index contributed by atoms with van der Waals surface area (Å²) in [6.07, 6.45) is 7.04. The number of phenols is 1. The Hall–Kier alpha value is -3.45. The number of carbonyl (C=O) groups is 1. The zero-order chi connectivity index (χ0) is 24.0. The van der Waals surface area contributed by atoms with Crippen molar-refractivity contribution in [1.29, 1.82) is 0 Å². The number of halogens is 1. The number of benzene rings is 1. The molecular weight excluding hydrogens is 450 g/mol. The molecule has 7 nitrogen and oxygen atoms in total. The molecule has 3 atom stereocenters. The second-order valence-corrected chi connectivity index (χ2v) is 9.21. The lowest BCUT2D eigenvalue weighted by Crippen LogP contribution is -2.39. The fourth-order valence-corrected chi connectivity index (χ4v) is 5.41. The highest BCUT2D eigenvalue weighted by molar-refractivity contribution is 6.32. The Kier molecular flexibility index (Phi) is 5.73. The van der Waals surface area contributed by atoms with Gasteiger partial charge in [0.05, 0.1) is 16.3 Å². The Labute approximate surface area is 203 Å². The third kappa shape index (κ3) is 3.60. The molecule has 1 aliphatic rings. The lowest BCUT2D eigenvalue weighted by atomic mass is 9.95. The maximum Gasteiger partial charge on any atom is 0.219 e. The molecule has 8 heteroatoms. The first-order chi connectivity index (χ1) is 16.4. The Morgan fingerprint density at radius 3 is 2.56 bits per heavy atom. The summed E-state index contributed by atoms with van der Waals surface area (Å²) in [7, 11) is 0. The summed E-state index contributed by atoms with van der Waals surface area (Å²) >= 11 is 6.08. The summed E-state index contributed by atoms with van der Waals surface area (Å²) in [6, 6.07) is 11.2. The first-order valence-electron chi connectivity index (χ1n) is 11.5. The second-order valence-electron chi connectivity index (χ2n) is 8.80. The lowest BCUT2D eigenvalue weighted by Gasteiger charge is -2.27. The third-order valence-corrected chi connectivity index (χ3v) is 7.21. The van der Waals surface area contributed by atoms with E-state index in [9.17, 15) is 9.90 Å². The van der Waals surface area contributed by atoms with Gasteiger partial charge in [-0.2, -0.15) is 5.10 Å². The van der Waals surface area contributed by atoms with Crippen LogP contribution in [0.2, 0.25) is 5.02 Å². The molecule has 4 aromatic rings. The summed E-state index contributed by atoms with van der Waals surface area (Å²) < 4.78 is 1.90. The van der Waals surface area contributed by atoms with Crippen molar-refractivity contribution in [2.24, 2.45) is 0 Å². The van der Waals surface area contributed by atoms with E-state index in [1.165, 1.54) is 0 Å². The molecule has 34 heavy (non-hydrogen) atoms. The van der Waals surface area contributed by atoms with Crippen molar-refractivity contribution in [1.82, 2.24) is 24.5 Å². The van der Waals surface area contributed by atoms with Crippen molar-refractivity contribution in [3.05, 3.63) is 65.7 Å². The van der Waals surface area contributed by atoms with Gasteiger partial charge in [-0.1, -0.05) is 24.6 Å². The normalized spacial score (nSPS) is 20.2. The van der Waals surface area contributed by atoms with E-state index in [2.05, 4.69) is 18.8 Å². The van der Waals surface area contributed by atoms with Crippen LogP contribution in [0.3, 0.4) is 0 Å². The van der Waals surface area contributed by atoms with Crippen LogP contribution < -0.4 is 0 Å². The molecule has 3 unspecified atom stereocenters. The molecule has 5 rings (SSSR count). The van der Waals surface area contributed by atoms with Crippen molar-refractivity contribution in [2.75, 3.05) is 0 Å². The number of carbonyl (C=O) groups excluding carboxylic acids is 1. The van der Waals surface area contributed by atoms with Gasteiger partial charge in [0.15, 0.2) is 5.65 Å². The molecule has 1 N–H and O–H groups in total. The molecule has 174 valence electrons. The smallest absolute Gasteiger partial charge is 0.219 e. The minimum atomic E-state index is 0.00246. The van der Waals surface area contributed by atoms with Crippen molar-refractivity contribution < 1.29 is 9.90 Å². The molecule has 0 saturated carbocycles. The summed E-state index contributed by atoms with van der Waals surface area (Å²) in [5.74, 6) is 0.223. The number of nitrogens with zero attached hydrogens (tertiary/aromatic N) is 5. The maximum absolute atomic E-state index is 12.4. The van der Waals surface area contributed by atoms with Gasteiger partial charge in [-0.3, -0.25) is 9.78 Å². The first kappa shape index (κ1) is 22.3. The van der Waals surface area contributed by atoms with Crippen LogP contribution in [0.4, 0.5) is 0 Å². The molecule has 0 aliphatic carbocycles. The standard InChI is InChI=1S/C26H26ClN5O2/c1-4-19-14-20(15(2)31(19)16(3)33)22-9-12-29-26-24(18-5-6-21(27)23(34)13-18)25(30-32(22)26)17-7-10-28-11-8-17/h5-13,15,19-20,34H,4,14H2,1-3H3. The van der Waals surface area contributed by atoms with Crippen molar-refractivity contribution >= 4 is 23.2 Å². The van der Waals surface area contributed by atoms with E-state index in [1.54, 1.807) is 37.6 Å². The Morgan fingerprint density at radius 2 is 1.91 bits per heavy atom. The summed E-state index contributed by atoms with van der Waals surface area (Å²) in [5, 5.41) is 15.6. The highest BCUT2D eigenvalue weighted by Crippen LogP contribution is 2.42. The molecule has 1 saturated heterocycles. The zero-order valence-electron chi connectivity index (χ0n) is 19.3. The predicted octanol–water partition coefficient (Wildman–Crippen LogP) is 5.32. The predicted molar refractivity (Wildman–Crippen MR) is 132 cm³/mol. The first-order valence-corrected chi connectivity index (χ1v) is 11.8. The van der Waals surface area contributed by atoms with E-state index in [0.29, 0.717) is 5.65 Å². The van der Waals surface area contributed by atoms with Crippen LogP contribution in [0.15, 0.2) is 55.0 Å². The van der Waals surface area contributed by atoms with Crippen LogP contribution in [0.25, 0.3) is 28.0 Å². The Balaban J connectivity index is 1.74. The molecule has 1 amide bonds. The van der Waals surface area contributed by atoms with Gasteiger partial charge in [-0.15, -0.1) is 0 Å². The fourth-order valence-electron chi connectivity index (χ4n) is 5.29. The number of aromatic nitrogens is 4. The lowest BCUT2D eigenvalue weighted by molar-refractivity contribution is -0.131. The quantitative estimate of drug-likeness (QED) is 0.432. The van der Waals surface area contributed by atoms with Gasteiger partial charge < -0.3 is 10.0 Å². The van der Waals surface area contributed by atoms with Crippen LogP contribution in [0.5, 0.6) is 5.75 Å². The van der Waals surface area contributed by atoms with E-state index < -0.39 is 0 Å². The fraction of sp³-hybridized carbons (Fsp3) is 0.308. The van der Waals surface area contributed by atoms with Gasteiger partial charge in [-0.25, -0.2) is 9.50 Å². The number of rotatable bonds is 4. The molecule has 1 aliphatic heterocycles. The van der Waals surface area contributed by atoms with E-state index in [0.717, 1.165) is 40.9 Å². The van der Waals surface area contributed by atoms with Gasteiger partial charge in [-0.05, 0) is 55.7 Å². The monoisotopic (exact) mass is 475 g/mol. The van der Waals surface area contributed by atoms with Crippen molar-refractivity contribution in [3.8, 4) is 28.1 Å². The van der Waals surface area contributed by atoms with Gasteiger partial charge in [0.2, 0.25) is 5.91 Å². The maximum atomic E-state index is 12.4. The number of hydrogen-bond acceptors (Lipinski definition) is 5. The van der Waals surface area contributed by atoms with Crippen LogP contribution in [0, 0.1) is 0 Å². The van der Waals surface area contributed by atoms with E-state index in [4.69, 9.17) is 21.7 Å². The van der Waals surface area contributed by atoms with E-state index in [-0.39, 0.29) is 34.7 Å². The second kappa shape index (κ2) is 8.72. The van der Waals surface area contributed by atoms with Crippen LogP contribution in [0.1, 0.15) is 45.2 Å². The summed E-state index contributed by atoms with van der Waals surface area (Å²) in [4.78, 5) is 23.2. The van der Waals surface area contributed by atoms with Crippen LogP contribution in [-0.4, -0.2) is 47.6 Å². The topological polar surface area (TPSA) is 83.6 Å². The average molecular weight is 476 g/mol. The number of phenolic OH excluding ortho intramolecular Hbond substituents is 1. The van der Waals surface area contributed by atoms with Gasteiger partial charge in [0.25, 0.3) is 0 Å². The number of aromatic hydroxyl groups is 1. The minimum absolute atomic E-state index is 0.00246. The highest BCUT2D eigenvalue weighted by Gasteiger charge is 2.41. The number of amides is 1. The number of likely N-dealkylation sites (tertiary alicyclic amines) is 1. The molecule has 3 aromatic heterocycles. The third-order valence-electron chi connectivity index (χ3n) is 6.89. The van der Waals surface area contributed by atoms with Gasteiger partial charge in [0.1, 0.15) is 11.4 Å². The molecule has 0 radical (unpaired) electrons. The highest BCUT2D eigenvalue weighted by atomic mass is 35.5. The Morgan fingerprint density at radius 1 is 1.15 bits per heavy atom. The van der Waals surface area contributed by atoms with Crippen LogP contribution >= 0.6 is 11.6 Å².